The maximum atomic E-state index is 12.4. The Hall–Kier alpha value is -2.96. The molecule has 1 saturated heterocycles. The number of carbonyl (C=O) groups is 1. The standard InChI is InChI=1S/C19H23N3O4/c1-13-10-17(11-18(23)21(13)2)26-16-8-9-22(12-16)19(24)20-14-4-6-15(25-3)7-5-14/h4-7,10-11,16H,8-9,12H2,1-3H3,(H,20,24). The Morgan fingerprint density at radius 2 is 1.92 bits per heavy atom. The normalized spacial score (nSPS) is 16.4. The first-order valence-corrected chi connectivity index (χ1v) is 8.50. The molecule has 0 spiro atoms. The molecule has 1 N–H and O–H groups in total. The quantitative estimate of drug-likeness (QED) is 0.912. The number of rotatable bonds is 4. The number of nitrogens with one attached hydrogen (secondary N) is 1. The smallest absolute Gasteiger partial charge is 0.321 e. The van der Waals surface area contributed by atoms with Crippen LogP contribution in [0, 0.1) is 6.92 Å². The summed E-state index contributed by atoms with van der Waals surface area (Å²) in [6, 6.07) is 10.3. The van der Waals surface area contributed by atoms with Gasteiger partial charge in [-0.25, -0.2) is 4.79 Å². The van der Waals surface area contributed by atoms with Gasteiger partial charge in [0.15, 0.2) is 0 Å². The van der Waals surface area contributed by atoms with Crippen molar-refractivity contribution >= 4 is 11.7 Å². The highest BCUT2D eigenvalue weighted by atomic mass is 16.5. The van der Waals surface area contributed by atoms with E-state index < -0.39 is 0 Å². The Labute approximate surface area is 152 Å². The van der Waals surface area contributed by atoms with E-state index in [1.807, 2.05) is 13.0 Å². The summed E-state index contributed by atoms with van der Waals surface area (Å²) in [5, 5.41) is 2.87. The van der Waals surface area contributed by atoms with Gasteiger partial charge in [0.2, 0.25) is 0 Å². The van der Waals surface area contributed by atoms with Gasteiger partial charge in [0, 0.05) is 37.5 Å². The van der Waals surface area contributed by atoms with Gasteiger partial charge in [-0.2, -0.15) is 0 Å². The highest BCUT2D eigenvalue weighted by Gasteiger charge is 2.28. The molecule has 0 saturated carbocycles. The van der Waals surface area contributed by atoms with Crippen molar-refractivity contribution in [3.8, 4) is 11.5 Å². The minimum Gasteiger partial charge on any atom is -0.497 e. The van der Waals surface area contributed by atoms with E-state index in [9.17, 15) is 9.59 Å². The number of ether oxygens (including phenoxy) is 2. The average Bonchev–Trinajstić information content (AvgIpc) is 3.09. The Balaban J connectivity index is 1.57. The van der Waals surface area contributed by atoms with Gasteiger partial charge in [0.1, 0.15) is 17.6 Å². The highest BCUT2D eigenvalue weighted by molar-refractivity contribution is 5.89. The van der Waals surface area contributed by atoms with Crippen molar-refractivity contribution < 1.29 is 14.3 Å². The SMILES string of the molecule is COc1ccc(NC(=O)N2CCC(Oc3cc(C)n(C)c(=O)c3)C2)cc1. The van der Waals surface area contributed by atoms with Crippen molar-refractivity contribution in [2.24, 2.45) is 7.05 Å². The van der Waals surface area contributed by atoms with Gasteiger partial charge < -0.3 is 24.3 Å². The zero-order valence-electron chi connectivity index (χ0n) is 15.2. The molecule has 2 amide bonds. The number of carbonyl (C=O) groups excluding carboxylic acids is 1. The third-order valence-corrected chi connectivity index (χ3v) is 4.55. The van der Waals surface area contributed by atoms with Gasteiger partial charge in [0.05, 0.1) is 13.7 Å². The van der Waals surface area contributed by atoms with E-state index in [4.69, 9.17) is 9.47 Å². The Morgan fingerprint density at radius 3 is 2.58 bits per heavy atom. The minimum absolute atomic E-state index is 0.105. The lowest BCUT2D eigenvalue weighted by Crippen LogP contribution is -2.34. The zero-order valence-corrected chi connectivity index (χ0v) is 15.2. The van der Waals surface area contributed by atoms with Crippen molar-refractivity contribution in [1.82, 2.24) is 9.47 Å². The number of pyridine rings is 1. The largest absolute Gasteiger partial charge is 0.497 e. The second kappa shape index (κ2) is 7.51. The molecular weight excluding hydrogens is 334 g/mol. The van der Waals surface area contributed by atoms with Crippen LogP contribution in [0.1, 0.15) is 12.1 Å². The van der Waals surface area contributed by atoms with Crippen LogP contribution in [0.2, 0.25) is 0 Å². The van der Waals surface area contributed by atoms with Crippen molar-refractivity contribution in [2.45, 2.75) is 19.4 Å². The van der Waals surface area contributed by atoms with Gasteiger partial charge >= 0.3 is 6.03 Å². The highest BCUT2D eigenvalue weighted by Crippen LogP contribution is 2.20. The fraction of sp³-hybridized carbons (Fsp3) is 0.368. The maximum Gasteiger partial charge on any atom is 0.321 e. The topological polar surface area (TPSA) is 72.8 Å². The van der Waals surface area contributed by atoms with Gasteiger partial charge in [-0.15, -0.1) is 0 Å². The Morgan fingerprint density at radius 1 is 1.19 bits per heavy atom. The van der Waals surface area contributed by atoms with Gasteiger partial charge in [-0.1, -0.05) is 0 Å². The lowest BCUT2D eigenvalue weighted by Gasteiger charge is -2.18. The molecule has 3 rings (SSSR count). The molecule has 1 aliphatic heterocycles. The van der Waals surface area contributed by atoms with E-state index in [-0.39, 0.29) is 17.7 Å². The van der Waals surface area contributed by atoms with Crippen molar-refractivity contribution in [1.29, 1.82) is 0 Å². The molecule has 1 aliphatic rings. The molecule has 0 aliphatic carbocycles. The molecule has 2 aromatic rings. The number of anilines is 1. The first-order valence-electron chi connectivity index (χ1n) is 8.50. The molecule has 1 aromatic carbocycles. The number of hydrogen-bond acceptors (Lipinski definition) is 4. The van der Waals surface area contributed by atoms with E-state index >= 15 is 0 Å². The lowest BCUT2D eigenvalue weighted by molar-refractivity contribution is 0.194. The van der Waals surface area contributed by atoms with E-state index in [2.05, 4.69) is 5.32 Å². The van der Waals surface area contributed by atoms with Crippen LogP contribution in [-0.4, -0.2) is 41.8 Å². The number of likely N-dealkylation sites (tertiary alicyclic amines) is 1. The molecule has 1 aromatic heterocycles. The molecule has 1 unspecified atom stereocenters. The maximum absolute atomic E-state index is 12.4. The molecule has 26 heavy (non-hydrogen) atoms. The number of benzene rings is 1. The van der Waals surface area contributed by atoms with Crippen LogP contribution in [0.25, 0.3) is 0 Å². The molecular formula is C19H23N3O4. The molecule has 2 heterocycles. The summed E-state index contributed by atoms with van der Waals surface area (Å²) < 4.78 is 12.6. The first-order chi connectivity index (χ1) is 12.5. The lowest BCUT2D eigenvalue weighted by atomic mass is 10.3. The molecule has 0 bridgehead atoms. The van der Waals surface area contributed by atoms with Crippen LogP contribution in [0.15, 0.2) is 41.2 Å². The molecule has 138 valence electrons. The summed E-state index contributed by atoms with van der Waals surface area (Å²) in [4.78, 5) is 26.0. The molecule has 7 heteroatoms. The summed E-state index contributed by atoms with van der Waals surface area (Å²) in [7, 11) is 3.32. The fourth-order valence-corrected chi connectivity index (χ4v) is 2.88. The minimum atomic E-state index is -0.165. The van der Waals surface area contributed by atoms with Crippen LogP contribution in [0.5, 0.6) is 11.5 Å². The number of amides is 2. The van der Waals surface area contributed by atoms with Crippen LogP contribution < -0.4 is 20.3 Å². The number of hydrogen-bond donors (Lipinski definition) is 1. The third-order valence-electron chi connectivity index (χ3n) is 4.55. The monoisotopic (exact) mass is 357 g/mol. The second-order valence-electron chi connectivity index (χ2n) is 6.36. The summed E-state index contributed by atoms with van der Waals surface area (Å²) in [5.41, 5.74) is 1.44. The summed E-state index contributed by atoms with van der Waals surface area (Å²) in [5.74, 6) is 1.29. The van der Waals surface area contributed by atoms with Crippen molar-refractivity contribution in [3.63, 3.8) is 0 Å². The average molecular weight is 357 g/mol. The Kier molecular flexibility index (Phi) is 5.16. The predicted octanol–water partition coefficient (Wildman–Crippen LogP) is 2.39. The molecule has 7 nitrogen and oxygen atoms in total. The second-order valence-corrected chi connectivity index (χ2v) is 6.36. The van der Waals surface area contributed by atoms with E-state index in [1.54, 1.807) is 47.9 Å². The Bertz CT molecular complexity index is 845. The van der Waals surface area contributed by atoms with Gasteiger partial charge in [0.25, 0.3) is 5.56 Å². The van der Waals surface area contributed by atoms with E-state index in [0.717, 1.165) is 17.9 Å². The third kappa shape index (κ3) is 3.99. The summed E-state index contributed by atoms with van der Waals surface area (Å²) in [6.45, 7) is 2.95. The van der Waals surface area contributed by atoms with Gasteiger partial charge in [-0.05, 0) is 37.3 Å². The number of urea groups is 1. The summed E-state index contributed by atoms with van der Waals surface area (Å²) >= 11 is 0. The van der Waals surface area contributed by atoms with Crippen molar-refractivity contribution in [3.05, 3.63) is 52.4 Å². The zero-order chi connectivity index (χ0) is 18.7. The molecule has 0 radical (unpaired) electrons. The fourth-order valence-electron chi connectivity index (χ4n) is 2.88. The molecule has 1 fully saturated rings. The molecule has 1 atom stereocenters. The predicted molar refractivity (Wildman–Crippen MR) is 99.0 cm³/mol. The number of aromatic nitrogens is 1. The number of aryl methyl sites for hydroxylation is 1. The van der Waals surface area contributed by atoms with Crippen LogP contribution in [0.3, 0.4) is 0 Å². The van der Waals surface area contributed by atoms with Crippen molar-refractivity contribution in [2.75, 3.05) is 25.5 Å². The van der Waals surface area contributed by atoms with E-state index in [0.29, 0.717) is 24.5 Å². The van der Waals surface area contributed by atoms with Crippen LogP contribution in [-0.2, 0) is 7.05 Å². The number of methoxy groups -OCH3 is 1. The van der Waals surface area contributed by atoms with Crippen LogP contribution in [0.4, 0.5) is 10.5 Å². The van der Waals surface area contributed by atoms with Crippen LogP contribution >= 0.6 is 0 Å². The van der Waals surface area contributed by atoms with E-state index in [1.165, 1.54) is 6.07 Å². The van der Waals surface area contributed by atoms with Gasteiger partial charge in [-0.3, -0.25) is 4.79 Å². The number of nitrogens with zero attached hydrogens (tertiary/aromatic N) is 2. The first kappa shape index (κ1) is 17.8. The summed E-state index contributed by atoms with van der Waals surface area (Å²) in [6.07, 6.45) is 0.604.